The number of hydrogen-bond acceptors (Lipinski definition) is 4. The van der Waals surface area contributed by atoms with Gasteiger partial charge in [-0.25, -0.2) is 0 Å². The van der Waals surface area contributed by atoms with Gasteiger partial charge in [0.15, 0.2) is 5.79 Å². The topological polar surface area (TPSA) is 53.7 Å². The van der Waals surface area contributed by atoms with Crippen LogP contribution in [0.25, 0.3) is 0 Å². The van der Waals surface area contributed by atoms with E-state index in [1.807, 2.05) is 13.0 Å². The normalized spacial score (nSPS) is 26.9. The Hall–Kier alpha value is -1.10. The van der Waals surface area contributed by atoms with Crippen LogP contribution in [0.2, 0.25) is 0 Å². The monoisotopic (exact) mass is 265 g/mol. The molecule has 2 N–H and O–H groups in total. The maximum absolute atomic E-state index is 5.93. The van der Waals surface area contributed by atoms with E-state index in [-0.39, 0.29) is 6.10 Å². The average Bonchev–Trinajstić information content (AvgIpc) is 2.81. The van der Waals surface area contributed by atoms with E-state index in [9.17, 15) is 0 Å². The molecule has 0 aliphatic carbocycles. The summed E-state index contributed by atoms with van der Waals surface area (Å²) < 4.78 is 17.2. The maximum Gasteiger partial charge on any atom is 0.196 e. The molecule has 4 nitrogen and oxygen atoms in total. The first-order valence-corrected chi connectivity index (χ1v) is 6.70. The quantitative estimate of drug-likeness (QED) is 0.908. The molecule has 19 heavy (non-hydrogen) atoms. The number of hydrogen-bond donors (Lipinski definition) is 1. The SMILES string of the molecule is COc1ccc(C(C)C)cc1C1(C)OCC(CN)O1. The fourth-order valence-corrected chi connectivity index (χ4v) is 2.34. The summed E-state index contributed by atoms with van der Waals surface area (Å²) in [7, 11) is 1.66. The van der Waals surface area contributed by atoms with E-state index in [1.165, 1.54) is 5.56 Å². The van der Waals surface area contributed by atoms with Gasteiger partial charge in [-0.3, -0.25) is 0 Å². The minimum Gasteiger partial charge on any atom is -0.496 e. The Morgan fingerprint density at radius 1 is 1.47 bits per heavy atom. The van der Waals surface area contributed by atoms with Gasteiger partial charge in [0, 0.05) is 6.54 Å². The summed E-state index contributed by atoms with van der Waals surface area (Å²) in [6.07, 6.45) is -0.0580. The van der Waals surface area contributed by atoms with Crippen molar-refractivity contribution in [2.75, 3.05) is 20.3 Å². The molecule has 0 bridgehead atoms. The summed E-state index contributed by atoms with van der Waals surface area (Å²) in [4.78, 5) is 0. The first-order chi connectivity index (χ1) is 9.00. The lowest BCUT2D eigenvalue weighted by molar-refractivity contribution is -0.161. The van der Waals surface area contributed by atoms with Crippen molar-refractivity contribution in [3.05, 3.63) is 29.3 Å². The van der Waals surface area contributed by atoms with E-state index >= 15 is 0 Å². The lowest BCUT2D eigenvalue weighted by atomic mass is 9.97. The van der Waals surface area contributed by atoms with E-state index in [0.717, 1.165) is 11.3 Å². The van der Waals surface area contributed by atoms with Gasteiger partial charge >= 0.3 is 0 Å². The largest absolute Gasteiger partial charge is 0.496 e. The Morgan fingerprint density at radius 3 is 2.74 bits per heavy atom. The number of rotatable bonds is 4. The summed E-state index contributed by atoms with van der Waals surface area (Å²) in [6, 6.07) is 6.15. The van der Waals surface area contributed by atoms with Gasteiger partial charge in [0.2, 0.25) is 0 Å². The van der Waals surface area contributed by atoms with Gasteiger partial charge in [0.1, 0.15) is 5.75 Å². The molecule has 0 radical (unpaired) electrons. The zero-order chi connectivity index (χ0) is 14.0. The Labute approximate surface area is 114 Å². The molecule has 0 saturated carbocycles. The van der Waals surface area contributed by atoms with Crippen LogP contribution in [0.3, 0.4) is 0 Å². The molecule has 106 valence electrons. The molecule has 2 atom stereocenters. The zero-order valence-electron chi connectivity index (χ0n) is 12.1. The van der Waals surface area contributed by atoms with Gasteiger partial charge in [-0.1, -0.05) is 19.9 Å². The van der Waals surface area contributed by atoms with Crippen LogP contribution in [0.15, 0.2) is 18.2 Å². The molecule has 1 aromatic rings. The molecule has 0 amide bonds. The van der Waals surface area contributed by atoms with E-state index in [0.29, 0.717) is 19.1 Å². The summed E-state index contributed by atoms with van der Waals surface area (Å²) >= 11 is 0. The number of nitrogens with two attached hydrogens (primary N) is 1. The highest BCUT2D eigenvalue weighted by Gasteiger charge is 2.40. The summed E-state index contributed by atoms with van der Waals surface area (Å²) in [6.45, 7) is 7.22. The zero-order valence-corrected chi connectivity index (χ0v) is 12.1. The van der Waals surface area contributed by atoms with Crippen LogP contribution >= 0.6 is 0 Å². The van der Waals surface area contributed by atoms with Crippen LogP contribution in [-0.4, -0.2) is 26.4 Å². The molecule has 0 spiro atoms. The second-order valence-corrected chi connectivity index (χ2v) is 5.35. The minimum absolute atomic E-state index is 0.0580. The molecular weight excluding hydrogens is 242 g/mol. The smallest absolute Gasteiger partial charge is 0.196 e. The molecule has 1 heterocycles. The van der Waals surface area contributed by atoms with E-state index in [1.54, 1.807) is 7.11 Å². The lowest BCUT2D eigenvalue weighted by Gasteiger charge is -2.26. The van der Waals surface area contributed by atoms with Crippen LogP contribution in [0.5, 0.6) is 5.75 Å². The highest BCUT2D eigenvalue weighted by Crippen LogP contribution is 2.40. The van der Waals surface area contributed by atoms with Crippen LogP contribution < -0.4 is 10.5 Å². The van der Waals surface area contributed by atoms with E-state index in [4.69, 9.17) is 19.9 Å². The molecule has 1 aliphatic heterocycles. The highest BCUT2D eigenvalue weighted by molar-refractivity contribution is 5.41. The third-order valence-electron chi connectivity index (χ3n) is 3.58. The number of ether oxygens (including phenoxy) is 3. The van der Waals surface area contributed by atoms with Gasteiger partial charge < -0.3 is 19.9 Å². The van der Waals surface area contributed by atoms with Crippen molar-refractivity contribution < 1.29 is 14.2 Å². The van der Waals surface area contributed by atoms with Gasteiger partial charge in [-0.15, -0.1) is 0 Å². The van der Waals surface area contributed by atoms with Crippen molar-refractivity contribution >= 4 is 0 Å². The predicted octanol–water partition coefficient (Wildman–Crippen LogP) is 2.37. The van der Waals surface area contributed by atoms with E-state index < -0.39 is 5.79 Å². The summed E-state index contributed by atoms with van der Waals surface area (Å²) in [5, 5.41) is 0. The van der Waals surface area contributed by atoms with Gasteiger partial charge in [-0.2, -0.15) is 0 Å². The second-order valence-electron chi connectivity index (χ2n) is 5.35. The van der Waals surface area contributed by atoms with Gasteiger partial charge in [0.25, 0.3) is 0 Å². The first-order valence-electron chi connectivity index (χ1n) is 6.70. The fourth-order valence-electron chi connectivity index (χ4n) is 2.34. The molecule has 0 aromatic heterocycles. The Bertz CT molecular complexity index is 447. The van der Waals surface area contributed by atoms with Crippen molar-refractivity contribution in [2.24, 2.45) is 5.73 Å². The molecule has 1 fully saturated rings. The summed E-state index contributed by atoms with van der Waals surface area (Å²) in [5.41, 5.74) is 7.81. The molecule has 4 heteroatoms. The fraction of sp³-hybridized carbons (Fsp3) is 0.600. The van der Waals surface area contributed by atoms with Crippen LogP contribution in [0, 0.1) is 0 Å². The van der Waals surface area contributed by atoms with E-state index in [2.05, 4.69) is 26.0 Å². The third kappa shape index (κ3) is 2.76. The molecule has 2 rings (SSSR count). The molecule has 1 aromatic carbocycles. The Balaban J connectivity index is 2.39. The van der Waals surface area contributed by atoms with Crippen molar-refractivity contribution in [1.29, 1.82) is 0 Å². The molecule has 1 aliphatic rings. The molecule has 1 saturated heterocycles. The van der Waals surface area contributed by atoms with Crippen LogP contribution in [-0.2, 0) is 15.3 Å². The predicted molar refractivity (Wildman–Crippen MR) is 74.3 cm³/mol. The van der Waals surface area contributed by atoms with Crippen molar-refractivity contribution in [3.63, 3.8) is 0 Å². The van der Waals surface area contributed by atoms with Crippen LogP contribution in [0.4, 0.5) is 0 Å². The van der Waals surface area contributed by atoms with Gasteiger partial charge in [0.05, 0.1) is 25.4 Å². The number of benzene rings is 1. The summed E-state index contributed by atoms with van der Waals surface area (Å²) in [5.74, 6) is 0.449. The Morgan fingerprint density at radius 2 is 2.21 bits per heavy atom. The third-order valence-corrected chi connectivity index (χ3v) is 3.58. The maximum atomic E-state index is 5.93. The Kier molecular flexibility index (Phi) is 4.13. The minimum atomic E-state index is -0.777. The molecule has 2 unspecified atom stereocenters. The van der Waals surface area contributed by atoms with Crippen molar-refractivity contribution in [2.45, 2.75) is 38.6 Å². The van der Waals surface area contributed by atoms with Crippen molar-refractivity contribution in [1.82, 2.24) is 0 Å². The van der Waals surface area contributed by atoms with Crippen molar-refractivity contribution in [3.8, 4) is 5.75 Å². The molecular formula is C15H23NO3. The first kappa shape index (κ1) is 14.3. The average molecular weight is 265 g/mol. The lowest BCUT2D eigenvalue weighted by Crippen LogP contribution is -2.27. The highest BCUT2D eigenvalue weighted by atomic mass is 16.7. The van der Waals surface area contributed by atoms with Gasteiger partial charge in [-0.05, 0) is 30.5 Å². The van der Waals surface area contributed by atoms with Crippen LogP contribution in [0.1, 0.15) is 37.8 Å². The standard InChI is InChI=1S/C15H23NO3/c1-10(2)11-5-6-14(17-4)13(7-11)15(3)18-9-12(8-16)19-15/h5-7,10,12H,8-9,16H2,1-4H3. The second kappa shape index (κ2) is 5.49. The number of methoxy groups -OCH3 is 1.